The van der Waals surface area contributed by atoms with Crippen LogP contribution >= 0.6 is 24.0 Å². The van der Waals surface area contributed by atoms with Gasteiger partial charge in [0.05, 0.1) is 6.54 Å². The molecule has 5 nitrogen and oxygen atoms in total. The molecule has 1 aliphatic rings. The number of rotatable bonds is 7. The third kappa shape index (κ3) is 7.84. The highest BCUT2D eigenvalue weighted by atomic mass is 127. The Morgan fingerprint density at radius 3 is 2.65 bits per heavy atom. The molecular formula is C18H27F2IN4O. The predicted octanol–water partition coefficient (Wildman–Crippen LogP) is 3.09. The quantitative estimate of drug-likeness (QED) is 0.320. The van der Waals surface area contributed by atoms with E-state index in [1.807, 2.05) is 6.92 Å². The maximum Gasteiger partial charge on any atom is 0.221 e. The van der Waals surface area contributed by atoms with Crippen LogP contribution in [0.25, 0.3) is 0 Å². The van der Waals surface area contributed by atoms with E-state index in [-0.39, 0.29) is 42.0 Å². The molecule has 1 aliphatic carbocycles. The van der Waals surface area contributed by atoms with Gasteiger partial charge < -0.3 is 16.0 Å². The number of benzene rings is 1. The van der Waals surface area contributed by atoms with Crippen molar-refractivity contribution >= 4 is 35.8 Å². The van der Waals surface area contributed by atoms with Crippen LogP contribution < -0.4 is 16.0 Å². The first kappa shape index (κ1) is 22.6. The first-order valence-electron chi connectivity index (χ1n) is 8.84. The van der Waals surface area contributed by atoms with E-state index in [4.69, 9.17) is 0 Å². The summed E-state index contributed by atoms with van der Waals surface area (Å²) in [7, 11) is 0. The Labute approximate surface area is 170 Å². The third-order valence-corrected chi connectivity index (χ3v) is 4.12. The summed E-state index contributed by atoms with van der Waals surface area (Å²) in [5.41, 5.74) is 0.191. The molecule has 8 heteroatoms. The maximum absolute atomic E-state index is 13.6. The number of nitrogens with zero attached hydrogens (tertiary/aromatic N) is 1. The molecule has 0 heterocycles. The van der Waals surface area contributed by atoms with Crippen molar-refractivity contribution in [1.82, 2.24) is 16.0 Å². The number of nitrogens with one attached hydrogen (secondary N) is 3. The molecule has 1 aromatic carbocycles. The van der Waals surface area contributed by atoms with Crippen LogP contribution in [0.2, 0.25) is 0 Å². The molecule has 146 valence electrons. The van der Waals surface area contributed by atoms with Crippen molar-refractivity contribution in [3.05, 3.63) is 35.4 Å². The zero-order valence-electron chi connectivity index (χ0n) is 15.0. The van der Waals surface area contributed by atoms with Gasteiger partial charge in [0.2, 0.25) is 5.91 Å². The lowest BCUT2D eigenvalue weighted by Gasteiger charge is -2.14. The van der Waals surface area contributed by atoms with Crippen LogP contribution in [0.3, 0.4) is 0 Å². The lowest BCUT2D eigenvalue weighted by Crippen LogP contribution is -2.40. The average Bonchev–Trinajstić information content (AvgIpc) is 3.08. The lowest BCUT2D eigenvalue weighted by atomic mass is 10.2. The molecule has 0 atom stereocenters. The Balaban J connectivity index is 0.00000338. The van der Waals surface area contributed by atoms with Gasteiger partial charge in [-0.25, -0.2) is 13.8 Å². The summed E-state index contributed by atoms with van der Waals surface area (Å²) in [6, 6.07) is 3.62. The molecule has 2 rings (SSSR count). The van der Waals surface area contributed by atoms with Gasteiger partial charge in [-0.3, -0.25) is 4.79 Å². The van der Waals surface area contributed by atoms with Crippen molar-refractivity contribution in [1.29, 1.82) is 0 Å². The number of amides is 1. The second-order valence-electron chi connectivity index (χ2n) is 6.16. The average molecular weight is 480 g/mol. The van der Waals surface area contributed by atoms with E-state index in [0.717, 1.165) is 31.0 Å². The van der Waals surface area contributed by atoms with Gasteiger partial charge in [0, 0.05) is 31.1 Å². The minimum Gasteiger partial charge on any atom is -0.357 e. The number of guanidine groups is 1. The zero-order valence-corrected chi connectivity index (χ0v) is 17.3. The highest BCUT2D eigenvalue weighted by Gasteiger charge is 2.16. The van der Waals surface area contributed by atoms with E-state index in [2.05, 4.69) is 20.9 Å². The minimum absolute atomic E-state index is 0. The normalized spacial score (nSPS) is 14.7. The first-order chi connectivity index (χ1) is 12.1. The van der Waals surface area contributed by atoms with E-state index in [0.29, 0.717) is 31.5 Å². The molecular weight excluding hydrogens is 453 g/mol. The smallest absolute Gasteiger partial charge is 0.221 e. The van der Waals surface area contributed by atoms with E-state index in [9.17, 15) is 13.6 Å². The van der Waals surface area contributed by atoms with Crippen molar-refractivity contribution in [2.45, 2.75) is 51.6 Å². The molecule has 0 saturated heterocycles. The zero-order chi connectivity index (χ0) is 18.1. The van der Waals surface area contributed by atoms with Crippen LogP contribution in [0.15, 0.2) is 23.2 Å². The predicted molar refractivity (Wildman–Crippen MR) is 110 cm³/mol. The van der Waals surface area contributed by atoms with Crippen molar-refractivity contribution in [2.75, 3.05) is 13.1 Å². The number of hydrogen-bond acceptors (Lipinski definition) is 2. The second kappa shape index (κ2) is 12.0. The standard InChI is InChI=1S/C18H26F2N4O.HI/c1-2-21-18(23-12-13-11-14(19)7-8-16(13)20)22-10-9-17(25)24-15-5-3-4-6-15;/h7-8,11,15H,2-6,9-10,12H2,1H3,(H,24,25)(H2,21,22,23);1H. The summed E-state index contributed by atoms with van der Waals surface area (Å²) in [5, 5.41) is 9.09. The fourth-order valence-corrected chi connectivity index (χ4v) is 2.83. The number of halogens is 3. The van der Waals surface area contributed by atoms with Crippen LogP contribution in [0.1, 0.15) is 44.6 Å². The molecule has 0 unspecified atom stereocenters. The molecule has 0 radical (unpaired) electrons. The molecule has 1 aromatic rings. The fourth-order valence-electron chi connectivity index (χ4n) is 2.83. The van der Waals surface area contributed by atoms with E-state index in [1.165, 1.54) is 12.8 Å². The molecule has 26 heavy (non-hydrogen) atoms. The van der Waals surface area contributed by atoms with Crippen LogP contribution in [0, 0.1) is 11.6 Å². The SMILES string of the molecule is CCNC(=NCc1cc(F)ccc1F)NCCC(=O)NC1CCCC1.I. The van der Waals surface area contributed by atoms with Gasteiger partial charge in [-0.2, -0.15) is 0 Å². The fraction of sp³-hybridized carbons (Fsp3) is 0.556. The number of carbonyl (C=O) groups is 1. The summed E-state index contributed by atoms with van der Waals surface area (Å²) >= 11 is 0. The van der Waals surface area contributed by atoms with Gasteiger partial charge in [-0.05, 0) is 38.0 Å². The van der Waals surface area contributed by atoms with Crippen LogP contribution in [0.4, 0.5) is 8.78 Å². The Bertz CT molecular complexity index is 607. The van der Waals surface area contributed by atoms with Gasteiger partial charge in [0.15, 0.2) is 5.96 Å². The minimum atomic E-state index is -0.492. The van der Waals surface area contributed by atoms with E-state index in [1.54, 1.807) is 0 Å². The molecule has 0 bridgehead atoms. The Morgan fingerprint density at radius 2 is 1.96 bits per heavy atom. The largest absolute Gasteiger partial charge is 0.357 e. The second-order valence-corrected chi connectivity index (χ2v) is 6.16. The monoisotopic (exact) mass is 480 g/mol. The van der Waals surface area contributed by atoms with E-state index < -0.39 is 11.6 Å². The molecule has 0 aliphatic heterocycles. The molecule has 0 spiro atoms. The van der Waals surface area contributed by atoms with E-state index >= 15 is 0 Å². The summed E-state index contributed by atoms with van der Waals surface area (Å²) in [4.78, 5) is 16.1. The number of carbonyl (C=O) groups excluding carboxylic acids is 1. The third-order valence-electron chi connectivity index (χ3n) is 4.12. The Hall–Kier alpha value is -1.45. The summed E-state index contributed by atoms with van der Waals surface area (Å²) < 4.78 is 26.8. The molecule has 0 aromatic heterocycles. The van der Waals surface area contributed by atoms with Gasteiger partial charge in [0.1, 0.15) is 11.6 Å². The first-order valence-corrected chi connectivity index (χ1v) is 8.84. The summed E-state index contributed by atoms with van der Waals surface area (Å²) in [6.07, 6.45) is 4.81. The number of aliphatic imine (C=N–C) groups is 1. The topological polar surface area (TPSA) is 65.5 Å². The molecule has 1 saturated carbocycles. The highest BCUT2D eigenvalue weighted by molar-refractivity contribution is 14.0. The Kier molecular flexibility index (Phi) is 10.5. The van der Waals surface area contributed by atoms with Crippen molar-refractivity contribution in [3.8, 4) is 0 Å². The Morgan fingerprint density at radius 1 is 1.23 bits per heavy atom. The number of hydrogen-bond donors (Lipinski definition) is 3. The maximum atomic E-state index is 13.6. The highest BCUT2D eigenvalue weighted by Crippen LogP contribution is 2.17. The molecule has 1 amide bonds. The lowest BCUT2D eigenvalue weighted by molar-refractivity contribution is -0.121. The summed E-state index contributed by atoms with van der Waals surface area (Å²) in [6.45, 7) is 2.99. The van der Waals surface area contributed by atoms with Crippen molar-refractivity contribution in [2.24, 2.45) is 4.99 Å². The van der Waals surface area contributed by atoms with Gasteiger partial charge in [0.25, 0.3) is 0 Å². The van der Waals surface area contributed by atoms with Crippen LogP contribution in [-0.2, 0) is 11.3 Å². The van der Waals surface area contributed by atoms with Crippen LogP contribution in [0.5, 0.6) is 0 Å². The van der Waals surface area contributed by atoms with Crippen molar-refractivity contribution < 1.29 is 13.6 Å². The van der Waals surface area contributed by atoms with Crippen LogP contribution in [-0.4, -0.2) is 31.0 Å². The van der Waals surface area contributed by atoms with Gasteiger partial charge >= 0.3 is 0 Å². The van der Waals surface area contributed by atoms with Gasteiger partial charge in [-0.15, -0.1) is 24.0 Å². The molecule has 3 N–H and O–H groups in total. The molecule has 1 fully saturated rings. The van der Waals surface area contributed by atoms with Crippen molar-refractivity contribution in [3.63, 3.8) is 0 Å². The van der Waals surface area contributed by atoms with Gasteiger partial charge in [-0.1, -0.05) is 12.8 Å². The summed E-state index contributed by atoms with van der Waals surface area (Å²) in [5.74, 6) is -0.490.